The van der Waals surface area contributed by atoms with Gasteiger partial charge in [0.1, 0.15) is 6.33 Å². The maximum absolute atomic E-state index is 4.46. The third-order valence-electron chi connectivity index (χ3n) is 2.68. The summed E-state index contributed by atoms with van der Waals surface area (Å²) in [6.07, 6.45) is 1.75. The Bertz CT molecular complexity index is 530. The van der Waals surface area contributed by atoms with Gasteiger partial charge in [-0.15, -0.1) is 0 Å². The molecule has 2 aromatic heterocycles. The van der Waals surface area contributed by atoms with Crippen molar-refractivity contribution in [2.45, 2.75) is 33.5 Å². The molecule has 18 heavy (non-hydrogen) atoms. The van der Waals surface area contributed by atoms with Crippen LogP contribution in [0.4, 0.5) is 0 Å². The molecule has 0 amide bonds. The van der Waals surface area contributed by atoms with Gasteiger partial charge in [0, 0.05) is 6.54 Å². The van der Waals surface area contributed by atoms with E-state index < -0.39 is 0 Å². The minimum Gasteiger partial charge on any atom is -0.313 e. The molecule has 2 heterocycles. The van der Waals surface area contributed by atoms with Crippen molar-refractivity contribution in [3.63, 3.8) is 0 Å². The summed E-state index contributed by atoms with van der Waals surface area (Å²) in [6.45, 7) is 6.27. The van der Waals surface area contributed by atoms with E-state index in [2.05, 4.69) is 43.4 Å². The van der Waals surface area contributed by atoms with Crippen molar-refractivity contribution in [3.05, 3.63) is 28.0 Å². The van der Waals surface area contributed by atoms with E-state index in [9.17, 15) is 0 Å². The van der Waals surface area contributed by atoms with E-state index in [1.165, 1.54) is 0 Å². The largest absolute Gasteiger partial charge is 0.313 e. The number of aromatic nitrogens is 5. The molecule has 0 aliphatic rings. The first kappa shape index (κ1) is 13.2. The first-order valence-electron chi connectivity index (χ1n) is 5.90. The van der Waals surface area contributed by atoms with Crippen molar-refractivity contribution in [3.8, 4) is 0 Å². The van der Waals surface area contributed by atoms with E-state index in [1.54, 1.807) is 6.33 Å². The highest BCUT2D eigenvalue weighted by molar-refractivity contribution is 9.10. The molecule has 0 saturated carbocycles. The molecule has 0 atom stereocenters. The summed E-state index contributed by atoms with van der Waals surface area (Å²) in [5.74, 6) is 0.799. The molecular weight excluding hydrogens is 296 g/mol. The molecule has 98 valence electrons. The Morgan fingerprint density at radius 1 is 1.39 bits per heavy atom. The van der Waals surface area contributed by atoms with Crippen LogP contribution in [0.5, 0.6) is 0 Å². The molecular formula is C11H17BrN6. The Kier molecular flexibility index (Phi) is 4.13. The number of nitrogens with zero attached hydrogens (tertiary/aromatic N) is 5. The third kappa shape index (κ3) is 2.62. The van der Waals surface area contributed by atoms with Crippen molar-refractivity contribution in [2.24, 2.45) is 0 Å². The molecule has 1 N–H and O–H groups in total. The van der Waals surface area contributed by atoms with Crippen molar-refractivity contribution in [2.75, 3.05) is 7.05 Å². The number of hydrogen-bond donors (Lipinski definition) is 1. The average molecular weight is 313 g/mol. The van der Waals surface area contributed by atoms with Gasteiger partial charge in [-0.25, -0.2) is 9.67 Å². The first-order valence-corrected chi connectivity index (χ1v) is 6.69. The molecule has 0 saturated heterocycles. The van der Waals surface area contributed by atoms with E-state index in [-0.39, 0.29) is 0 Å². The van der Waals surface area contributed by atoms with Gasteiger partial charge in [-0.05, 0) is 36.8 Å². The van der Waals surface area contributed by atoms with Gasteiger partial charge in [-0.2, -0.15) is 10.2 Å². The fourth-order valence-electron chi connectivity index (χ4n) is 1.82. The predicted octanol–water partition coefficient (Wildman–Crippen LogP) is 1.33. The SMILES string of the molecule is CCn1nc(C)c(Br)c1Cn1cnc(CNC)n1. The molecule has 0 aromatic carbocycles. The molecule has 0 fully saturated rings. The quantitative estimate of drug-likeness (QED) is 0.905. The van der Waals surface area contributed by atoms with Crippen LogP contribution in [0.3, 0.4) is 0 Å². The average Bonchev–Trinajstić information content (AvgIpc) is 2.90. The van der Waals surface area contributed by atoms with Crippen LogP contribution in [0, 0.1) is 6.92 Å². The molecule has 0 radical (unpaired) electrons. The summed E-state index contributed by atoms with van der Waals surface area (Å²) in [7, 11) is 1.88. The normalized spacial score (nSPS) is 11.1. The number of hydrogen-bond acceptors (Lipinski definition) is 4. The van der Waals surface area contributed by atoms with Crippen LogP contribution in [0.25, 0.3) is 0 Å². The topological polar surface area (TPSA) is 60.6 Å². The second-order valence-corrected chi connectivity index (χ2v) is 4.84. The number of nitrogens with one attached hydrogen (secondary N) is 1. The molecule has 0 unspecified atom stereocenters. The number of rotatable bonds is 5. The zero-order valence-corrected chi connectivity index (χ0v) is 12.4. The monoisotopic (exact) mass is 312 g/mol. The van der Waals surface area contributed by atoms with Gasteiger partial charge in [0.05, 0.1) is 29.0 Å². The predicted molar refractivity (Wildman–Crippen MR) is 72.2 cm³/mol. The van der Waals surface area contributed by atoms with E-state index in [0.717, 1.165) is 28.2 Å². The van der Waals surface area contributed by atoms with Crippen LogP contribution in [0.2, 0.25) is 0 Å². The minimum atomic E-state index is 0.673. The smallest absolute Gasteiger partial charge is 0.164 e. The Morgan fingerprint density at radius 3 is 2.83 bits per heavy atom. The molecule has 0 bridgehead atoms. The highest BCUT2D eigenvalue weighted by atomic mass is 79.9. The van der Waals surface area contributed by atoms with E-state index in [0.29, 0.717) is 13.1 Å². The lowest BCUT2D eigenvalue weighted by atomic mass is 10.3. The highest BCUT2D eigenvalue weighted by Crippen LogP contribution is 2.21. The van der Waals surface area contributed by atoms with Gasteiger partial charge in [0.2, 0.25) is 0 Å². The Morgan fingerprint density at radius 2 is 2.17 bits per heavy atom. The maximum Gasteiger partial charge on any atom is 0.164 e. The van der Waals surface area contributed by atoms with Gasteiger partial charge in [-0.3, -0.25) is 4.68 Å². The lowest BCUT2D eigenvalue weighted by Crippen LogP contribution is -2.10. The molecule has 6 nitrogen and oxygen atoms in total. The summed E-state index contributed by atoms with van der Waals surface area (Å²) in [5, 5.41) is 11.9. The fourth-order valence-corrected chi connectivity index (χ4v) is 2.23. The molecule has 0 spiro atoms. The van der Waals surface area contributed by atoms with Gasteiger partial charge in [0.15, 0.2) is 5.82 Å². The molecule has 7 heteroatoms. The van der Waals surface area contributed by atoms with Crippen molar-refractivity contribution in [1.82, 2.24) is 29.9 Å². The fraction of sp³-hybridized carbons (Fsp3) is 0.545. The van der Waals surface area contributed by atoms with Crippen LogP contribution in [-0.2, 0) is 19.6 Å². The minimum absolute atomic E-state index is 0.673. The second kappa shape index (κ2) is 5.62. The van der Waals surface area contributed by atoms with E-state index in [4.69, 9.17) is 0 Å². The summed E-state index contributed by atoms with van der Waals surface area (Å²) < 4.78 is 4.87. The second-order valence-electron chi connectivity index (χ2n) is 4.05. The third-order valence-corrected chi connectivity index (χ3v) is 3.71. The Balaban J connectivity index is 2.22. The molecule has 0 aliphatic carbocycles. The van der Waals surface area contributed by atoms with E-state index in [1.807, 2.05) is 23.3 Å². The lowest BCUT2D eigenvalue weighted by Gasteiger charge is -2.05. The molecule has 2 rings (SSSR count). The van der Waals surface area contributed by atoms with Crippen molar-refractivity contribution in [1.29, 1.82) is 0 Å². The Labute approximate surface area is 115 Å². The highest BCUT2D eigenvalue weighted by Gasteiger charge is 2.13. The standard InChI is InChI=1S/C11H17BrN6/c1-4-18-9(11(12)8(2)15-18)6-17-7-14-10(16-17)5-13-3/h7,13H,4-6H2,1-3H3. The summed E-state index contributed by atoms with van der Waals surface area (Å²) in [5.41, 5.74) is 2.12. The van der Waals surface area contributed by atoms with Gasteiger partial charge in [0.25, 0.3) is 0 Å². The summed E-state index contributed by atoms with van der Waals surface area (Å²) in [4.78, 5) is 4.24. The summed E-state index contributed by atoms with van der Waals surface area (Å²) >= 11 is 3.58. The van der Waals surface area contributed by atoms with Gasteiger partial charge >= 0.3 is 0 Å². The Hall–Kier alpha value is -1.21. The van der Waals surface area contributed by atoms with Gasteiger partial charge < -0.3 is 5.32 Å². The van der Waals surface area contributed by atoms with Crippen LogP contribution >= 0.6 is 15.9 Å². The zero-order valence-electron chi connectivity index (χ0n) is 10.8. The zero-order chi connectivity index (χ0) is 13.1. The van der Waals surface area contributed by atoms with Crippen molar-refractivity contribution < 1.29 is 0 Å². The number of halogens is 1. The van der Waals surface area contributed by atoms with Crippen LogP contribution in [0.15, 0.2) is 10.8 Å². The van der Waals surface area contributed by atoms with Crippen LogP contribution < -0.4 is 5.32 Å². The lowest BCUT2D eigenvalue weighted by molar-refractivity contribution is 0.569. The first-order chi connectivity index (χ1) is 8.65. The summed E-state index contributed by atoms with van der Waals surface area (Å²) in [6, 6.07) is 0. The van der Waals surface area contributed by atoms with Crippen molar-refractivity contribution >= 4 is 15.9 Å². The van der Waals surface area contributed by atoms with Crippen LogP contribution in [0.1, 0.15) is 24.1 Å². The van der Waals surface area contributed by atoms with Gasteiger partial charge in [-0.1, -0.05) is 0 Å². The van der Waals surface area contributed by atoms with Crippen LogP contribution in [-0.4, -0.2) is 31.6 Å². The van der Waals surface area contributed by atoms with E-state index >= 15 is 0 Å². The maximum atomic E-state index is 4.46. The number of aryl methyl sites for hydroxylation is 2. The molecule has 2 aromatic rings. The molecule has 0 aliphatic heterocycles.